The molecule has 3 nitrogen and oxygen atoms in total. The van der Waals surface area contributed by atoms with Crippen molar-refractivity contribution in [2.45, 2.75) is 12.5 Å². The highest BCUT2D eigenvalue weighted by Crippen LogP contribution is 2.23. The minimum atomic E-state index is -0.237. The van der Waals surface area contributed by atoms with Crippen molar-refractivity contribution in [3.05, 3.63) is 52.0 Å². The fourth-order valence-corrected chi connectivity index (χ4v) is 2.18. The number of aromatic nitrogens is 2. The van der Waals surface area contributed by atoms with Gasteiger partial charge in [-0.05, 0) is 52.7 Å². The van der Waals surface area contributed by atoms with Crippen LogP contribution in [0.3, 0.4) is 0 Å². The predicted octanol–water partition coefficient (Wildman–Crippen LogP) is 2.82. The molecule has 0 aliphatic carbocycles. The Kier molecular flexibility index (Phi) is 4.14. The summed E-state index contributed by atoms with van der Waals surface area (Å²) >= 11 is 3.16. The quantitative estimate of drug-likeness (QED) is 0.941. The van der Waals surface area contributed by atoms with Crippen molar-refractivity contribution >= 4 is 15.9 Å². The molecule has 0 spiro atoms. The molecule has 1 atom stereocenters. The molecule has 0 radical (unpaired) electrons. The first-order valence-corrected chi connectivity index (χ1v) is 6.49. The molecule has 0 amide bonds. The molecular formula is C13H15BrFN3. The number of likely N-dealkylation sites (N-methyl/N-ethyl adjacent to an activating group) is 1. The highest BCUT2D eigenvalue weighted by atomic mass is 79.9. The molecule has 0 aliphatic rings. The largest absolute Gasteiger partial charge is 0.313 e. The van der Waals surface area contributed by atoms with Crippen LogP contribution in [0.1, 0.15) is 17.2 Å². The molecule has 1 unspecified atom stereocenters. The monoisotopic (exact) mass is 311 g/mol. The van der Waals surface area contributed by atoms with E-state index in [2.05, 4.69) is 26.3 Å². The second-order valence-electron chi connectivity index (χ2n) is 4.24. The van der Waals surface area contributed by atoms with E-state index in [1.165, 1.54) is 0 Å². The molecule has 1 N–H and O–H groups in total. The standard InChI is InChI=1S/C13H15BrFN3/c1-16-13(5-9-7-17-18(2)8-9)10-3-4-11(14)12(15)6-10/h3-4,6-8,13,16H,5H2,1-2H3. The number of nitrogens with zero attached hydrogens (tertiary/aromatic N) is 2. The fourth-order valence-electron chi connectivity index (χ4n) is 1.93. The topological polar surface area (TPSA) is 29.9 Å². The Morgan fingerprint density at radius 3 is 2.83 bits per heavy atom. The number of hydrogen-bond donors (Lipinski definition) is 1. The average Bonchev–Trinajstić information content (AvgIpc) is 2.75. The van der Waals surface area contributed by atoms with Gasteiger partial charge in [-0.3, -0.25) is 4.68 Å². The summed E-state index contributed by atoms with van der Waals surface area (Å²) in [7, 11) is 3.76. The summed E-state index contributed by atoms with van der Waals surface area (Å²) in [6.45, 7) is 0. The van der Waals surface area contributed by atoms with Crippen LogP contribution in [-0.4, -0.2) is 16.8 Å². The van der Waals surface area contributed by atoms with E-state index in [-0.39, 0.29) is 11.9 Å². The fraction of sp³-hybridized carbons (Fsp3) is 0.308. The summed E-state index contributed by atoms with van der Waals surface area (Å²) in [5, 5.41) is 7.34. The molecule has 2 aromatic rings. The van der Waals surface area contributed by atoms with Gasteiger partial charge in [0.2, 0.25) is 0 Å². The minimum absolute atomic E-state index is 0.0804. The van der Waals surface area contributed by atoms with E-state index in [1.54, 1.807) is 16.8 Å². The molecule has 18 heavy (non-hydrogen) atoms. The van der Waals surface area contributed by atoms with Gasteiger partial charge in [0.25, 0.3) is 0 Å². The third kappa shape index (κ3) is 2.97. The maximum absolute atomic E-state index is 13.5. The van der Waals surface area contributed by atoms with Crippen LogP contribution in [-0.2, 0) is 13.5 Å². The predicted molar refractivity (Wildman–Crippen MR) is 72.8 cm³/mol. The summed E-state index contributed by atoms with van der Waals surface area (Å²) in [6, 6.07) is 5.29. The second-order valence-corrected chi connectivity index (χ2v) is 5.10. The van der Waals surface area contributed by atoms with Crippen LogP contribution in [0.4, 0.5) is 4.39 Å². The van der Waals surface area contributed by atoms with E-state index < -0.39 is 0 Å². The van der Waals surface area contributed by atoms with Crippen molar-refractivity contribution in [2.24, 2.45) is 7.05 Å². The lowest BCUT2D eigenvalue weighted by Gasteiger charge is -2.16. The molecule has 1 heterocycles. The number of hydrogen-bond acceptors (Lipinski definition) is 2. The normalized spacial score (nSPS) is 12.7. The van der Waals surface area contributed by atoms with Crippen LogP contribution in [0.2, 0.25) is 0 Å². The van der Waals surface area contributed by atoms with Crippen molar-refractivity contribution in [2.75, 3.05) is 7.05 Å². The van der Waals surface area contributed by atoms with E-state index in [1.807, 2.05) is 32.6 Å². The van der Waals surface area contributed by atoms with Gasteiger partial charge >= 0.3 is 0 Å². The Hall–Kier alpha value is -1.20. The molecule has 0 fully saturated rings. The summed E-state index contributed by atoms with van der Waals surface area (Å²) in [5.74, 6) is -0.237. The van der Waals surface area contributed by atoms with Gasteiger partial charge in [0.05, 0.1) is 10.7 Å². The number of benzene rings is 1. The lowest BCUT2D eigenvalue weighted by Crippen LogP contribution is -2.18. The highest BCUT2D eigenvalue weighted by Gasteiger charge is 2.13. The molecular weight excluding hydrogens is 297 g/mol. The first-order chi connectivity index (χ1) is 8.60. The Balaban J connectivity index is 2.19. The van der Waals surface area contributed by atoms with Crippen LogP contribution in [0.15, 0.2) is 35.1 Å². The zero-order valence-electron chi connectivity index (χ0n) is 10.3. The van der Waals surface area contributed by atoms with E-state index in [0.717, 1.165) is 17.5 Å². The van der Waals surface area contributed by atoms with Crippen LogP contribution < -0.4 is 5.32 Å². The van der Waals surface area contributed by atoms with Crippen LogP contribution in [0, 0.1) is 5.82 Å². The van der Waals surface area contributed by atoms with Crippen molar-refractivity contribution in [1.29, 1.82) is 0 Å². The van der Waals surface area contributed by atoms with Crippen LogP contribution >= 0.6 is 15.9 Å². The summed E-state index contributed by atoms with van der Waals surface area (Å²) in [4.78, 5) is 0. The lowest BCUT2D eigenvalue weighted by atomic mass is 10.0. The first-order valence-electron chi connectivity index (χ1n) is 5.70. The van der Waals surface area contributed by atoms with Gasteiger partial charge in [-0.25, -0.2) is 4.39 Å². The number of nitrogens with one attached hydrogen (secondary N) is 1. The van der Waals surface area contributed by atoms with E-state index in [0.29, 0.717) is 4.47 Å². The van der Waals surface area contributed by atoms with E-state index >= 15 is 0 Å². The van der Waals surface area contributed by atoms with Gasteiger partial charge in [0.1, 0.15) is 5.82 Å². The molecule has 1 aromatic carbocycles. The smallest absolute Gasteiger partial charge is 0.137 e. The van der Waals surface area contributed by atoms with Crippen LogP contribution in [0.25, 0.3) is 0 Å². The van der Waals surface area contributed by atoms with Crippen molar-refractivity contribution in [3.8, 4) is 0 Å². The molecule has 0 saturated heterocycles. The zero-order chi connectivity index (χ0) is 13.1. The average molecular weight is 312 g/mol. The van der Waals surface area contributed by atoms with Crippen molar-refractivity contribution in [3.63, 3.8) is 0 Å². The number of halogens is 2. The second kappa shape index (κ2) is 5.63. The van der Waals surface area contributed by atoms with E-state index in [9.17, 15) is 4.39 Å². The number of aryl methyl sites for hydroxylation is 1. The molecule has 5 heteroatoms. The number of rotatable bonds is 4. The Morgan fingerprint density at radius 2 is 2.28 bits per heavy atom. The van der Waals surface area contributed by atoms with Gasteiger partial charge in [0.15, 0.2) is 0 Å². The van der Waals surface area contributed by atoms with Crippen molar-refractivity contribution in [1.82, 2.24) is 15.1 Å². The van der Waals surface area contributed by atoms with Gasteiger partial charge in [0, 0.05) is 19.3 Å². The van der Waals surface area contributed by atoms with Gasteiger partial charge in [-0.1, -0.05) is 6.07 Å². The summed E-state index contributed by atoms with van der Waals surface area (Å²) in [6.07, 6.45) is 4.59. The molecule has 0 aliphatic heterocycles. The highest BCUT2D eigenvalue weighted by molar-refractivity contribution is 9.10. The summed E-state index contributed by atoms with van der Waals surface area (Å²) < 4.78 is 15.8. The lowest BCUT2D eigenvalue weighted by molar-refractivity contribution is 0.575. The maximum Gasteiger partial charge on any atom is 0.137 e. The Morgan fingerprint density at radius 1 is 1.50 bits per heavy atom. The molecule has 96 valence electrons. The first kappa shape index (κ1) is 13.2. The van der Waals surface area contributed by atoms with E-state index in [4.69, 9.17) is 0 Å². The summed E-state index contributed by atoms with van der Waals surface area (Å²) in [5.41, 5.74) is 2.06. The molecule has 1 aromatic heterocycles. The third-order valence-corrected chi connectivity index (χ3v) is 3.54. The molecule has 2 rings (SSSR count). The van der Waals surface area contributed by atoms with Gasteiger partial charge in [-0.2, -0.15) is 5.10 Å². The van der Waals surface area contributed by atoms with Crippen molar-refractivity contribution < 1.29 is 4.39 Å². The van der Waals surface area contributed by atoms with Gasteiger partial charge in [-0.15, -0.1) is 0 Å². The maximum atomic E-state index is 13.5. The third-order valence-electron chi connectivity index (χ3n) is 2.89. The van der Waals surface area contributed by atoms with Gasteiger partial charge < -0.3 is 5.32 Å². The Bertz CT molecular complexity index is 539. The Labute approximate surface area is 114 Å². The van der Waals surface area contributed by atoms with Crippen LogP contribution in [0.5, 0.6) is 0 Å². The molecule has 0 saturated carbocycles. The minimum Gasteiger partial charge on any atom is -0.313 e. The molecule has 0 bridgehead atoms. The SMILES string of the molecule is CNC(Cc1cnn(C)c1)c1ccc(Br)c(F)c1. The zero-order valence-corrected chi connectivity index (χ0v) is 11.9.